The first-order valence-corrected chi connectivity index (χ1v) is 9.30. The molecule has 1 aromatic heterocycles. The van der Waals surface area contributed by atoms with E-state index < -0.39 is 5.60 Å². The lowest BCUT2D eigenvalue weighted by atomic mass is 9.89. The highest BCUT2D eigenvalue weighted by Gasteiger charge is 2.38. The maximum Gasteiger partial charge on any atom is 0.257 e. The molecule has 2 heterocycles. The third-order valence-corrected chi connectivity index (χ3v) is 4.95. The van der Waals surface area contributed by atoms with Gasteiger partial charge in [-0.05, 0) is 40.2 Å². The highest BCUT2D eigenvalue weighted by Crippen LogP contribution is 2.35. The van der Waals surface area contributed by atoms with Crippen LogP contribution in [0.2, 0.25) is 0 Å². The lowest BCUT2D eigenvalue weighted by Gasteiger charge is -2.31. The van der Waals surface area contributed by atoms with Crippen molar-refractivity contribution in [3.8, 4) is 0 Å². The molecule has 7 nitrogen and oxygen atoms in total. The van der Waals surface area contributed by atoms with E-state index in [-0.39, 0.29) is 5.91 Å². The zero-order chi connectivity index (χ0) is 19.2. The molecule has 0 spiro atoms. The van der Waals surface area contributed by atoms with E-state index in [9.17, 15) is 9.90 Å². The summed E-state index contributed by atoms with van der Waals surface area (Å²) in [7, 11) is 8.03. The van der Waals surface area contributed by atoms with E-state index in [2.05, 4.69) is 30.9 Å². The standard InChI is InChI=1S/C19H33N3O4/c1-20(2)11-12-21(3)9-5-10-22(4)18(23)16-6-13-26-17(16)19(24)7-14-25-15-8-19/h6,13,24H,5,7-12,14-15H2,1-4H3. The first kappa shape index (κ1) is 20.9. The van der Waals surface area contributed by atoms with E-state index in [1.165, 1.54) is 6.26 Å². The molecule has 1 saturated heterocycles. The molecular weight excluding hydrogens is 334 g/mol. The van der Waals surface area contributed by atoms with E-state index in [1.54, 1.807) is 18.0 Å². The van der Waals surface area contributed by atoms with Crippen molar-refractivity contribution >= 4 is 5.91 Å². The van der Waals surface area contributed by atoms with Gasteiger partial charge in [-0.25, -0.2) is 0 Å². The van der Waals surface area contributed by atoms with Gasteiger partial charge in [-0.3, -0.25) is 4.79 Å². The van der Waals surface area contributed by atoms with E-state index >= 15 is 0 Å². The Hall–Kier alpha value is -1.41. The molecule has 0 atom stereocenters. The number of rotatable bonds is 9. The largest absolute Gasteiger partial charge is 0.465 e. The molecule has 1 N–H and O–H groups in total. The van der Waals surface area contributed by atoms with Crippen LogP contribution < -0.4 is 0 Å². The quantitative estimate of drug-likeness (QED) is 0.708. The van der Waals surface area contributed by atoms with Crippen LogP contribution in [0.5, 0.6) is 0 Å². The fourth-order valence-electron chi connectivity index (χ4n) is 3.14. The second-order valence-electron chi connectivity index (χ2n) is 7.49. The van der Waals surface area contributed by atoms with E-state index in [4.69, 9.17) is 9.15 Å². The third-order valence-electron chi connectivity index (χ3n) is 4.95. The highest BCUT2D eigenvalue weighted by molar-refractivity contribution is 5.95. The molecule has 0 unspecified atom stereocenters. The average molecular weight is 367 g/mol. The van der Waals surface area contributed by atoms with E-state index in [0.717, 1.165) is 26.1 Å². The van der Waals surface area contributed by atoms with Crippen molar-refractivity contribution in [1.82, 2.24) is 14.7 Å². The van der Waals surface area contributed by atoms with Crippen molar-refractivity contribution in [3.05, 3.63) is 23.7 Å². The van der Waals surface area contributed by atoms with Gasteiger partial charge >= 0.3 is 0 Å². The summed E-state index contributed by atoms with van der Waals surface area (Å²) in [6.45, 7) is 4.57. The van der Waals surface area contributed by atoms with Gasteiger partial charge in [-0.2, -0.15) is 0 Å². The number of amides is 1. The zero-order valence-corrected chi connectivity index (χ0v) is 16.5. The second kappa shape index (κ2) is 9.50. The minimum Gasteiger partial charge on any atom is -0.465 e. The maximum atomic E-state index is 12.8. The monoisotopic (exact) mass is 367 g/mol. The smallest absolute Gasteiger partial charge is 0.257 e. The molecule has 0 radical (unpaired) electrons. The van der Waals surface area contributed by atoms with Gasteiger partial charge in [-0.1, -0.05) is 0 Å². The van der Waals surface area contributed by atoms with Crippen molar-refractivity contribution < 1.29 is 19.1 Å². The summed E-state index contributed by atoms with van der Waals surface area (Å²) in [5.41, 5.74) is -0.655. The van der Waals surface area contributed by atoms with Gasteiger partial charge in [0.25, 0.3) is 5.91 Å². The number of aliphatic hydroxyl groups is 1. The fraction of sp³-hybridized carbons (Fsp3) is 0.737. The number of likely N-dealkylation sites (N-methyl/N-ethyl adjacent to an activating group) is 2. The van der Waals surface area contributed by atoms with Crippen LogP contribution in [-0.2, 0) is 10.3 Å². The maximum absolute atomic E-state index is 12.8. The fourth-order valence-corrected chi connectivity index (χ4v) is 3.14. The summed E-state index contributed by atoms with van der Waals surface area (Å²) in [6, 6.07) is 1.66. The summed E-state index contributed by atoms with van der Waals surface area (Å²) in [5.74, 6) is 0.269. The molecule has 0 bridgehead atoms. The molecule has 1 fully saturated rings. The summed E-state index contributed by atoms with van der Waals surface area (Å²) < 4.78 is 10.8. The van der Waals surface area contributed by atoms with Crippen LogP contribution in [0, 0.1) is 0 Å². The summed E-state index contributed by atoms with van der Waals surface area (Å²) in [5, 5.41) is 10.8. The van der Waals surface area contributed by atoms with Crippen LogP contribution in [0.1, 0.15) is 35.4 Å². The molecule has 1 aromatic rings. The lowest BCUT2D eigenvalue weighted by Crippen LogP contribution is -2.37. The summed E-state index contributed by atoms with van der Waals surface area (Å²) in [4.78, 5) is 18.9. The van der Waals surface area contributed by atoms with Gasteiger partial charge in [0.2, 0.25) is 0 Å². The average Bonchev–Trinajstić information content (AvgIpc) is 3.10. The number of carbonyl (C=O) groups is 1. The molecule has 0 aromatic carbocycles. The molecule has 7 heteroatoms. The van der Waals surface area contributed by atoms with Crippen molar-refractivity contribution in [3.63, 3.8) is 0 Å². The molecule has 0 aliphatic carbocycles. The SMILES string of the molecule is CN(C)CCN(C)CCCN(C)C(=O)c1ccoc1C1(O)CCOCC1. The Bertz CT molecular complexity index is 567. The Balaban J connectivity index is 1.88. The minimum atomic E-state index is -1.11. The number of hydrogen-bond acceptors (Lipinski definition) is 6. The van der Waals surface area contributed by atoms with Gasteiger partial charge in [-0.15, -0.1) is 0 Å². The highest BCUT2D eigenvalue weighted by atomic mass is 16.5. The number of nitrogens with zero attached hydrogens (tertiary/aromatic N) is 3. The number of ether oxygens (including phenoxy) is 1. The van der Waals surface area contributed by atoms with Gasteiger partial charge in [0.1, 0.15) is 11.4 Å². The van der Waals surface area contributed by atoms with Gasteiger partial charge in [0.05, 0.1) is 11.8 Å². The van der Waals surface area contributed by atoms with Crippen LogP contribution in [-0.4, -0.2) is 93.3 Å². The van der Waals surface area contributed by atoms with Crippen molar-refractivity contribution in [2.75, 3.05) is 67.6 Å². The van der Waals surface area contributed by atoms with Gasteiger partial charge in [0.15, 0.2) is 0 Å². The molecule has 1 aliphatic heterocycles. The Labute approximate surface area is 156 Å². The number of furan rings is 1. The van der Waals surface area contributed by atoms with Gasteiger partial charge < -0.3 is 29.0 Å². The van der Waals surface area contributed by atoms with Crippen LogP contribution in [0.3, 0.4) is 0 Å². The third kappa shape index (κ3) is 5.54. The molecule has 1 amide bonds. The lowest BCUT2D eigenvalue weighted by molar-refractivity contribution is -0.0805. The Kier molecular flexibility index (Phi) is 7.64. The molecule has 1 aliphatic rings. The predicted molar refractivity (Wildman–Crippen MR) is 100 cm³/mol. The Morgan fingerprint density at radius 3 is 2.46 bits per heavy atom. The van der Waals surface area contributed by atoms with Crippen molar-refractivity contribution in [1.29, 1.82) is 0 Å². The Morgan fingerprint density at radius 1 is 1.12 bits per heavy atom. The predicted octanol–water partition coefficient (Wildman–Crippen LogP) is 1.23. The number of carbonyl (C=O) groups excluding carboxylic acids is 1. The minimum absolute atomic E-state index is 0.107. The molecular formula is C19H33N3O4. The van der Waals surface area contributed by atoms with Crippen LogP contribution in [0.25, 0.3) is 0 Å². The molecule has 2 rings (SSSR count). The molecule has 26 heavy (non-hydrogen) atoms. The first-order valence-electron chi connectivity index (χ1n) is 9.30. The van der Waals surface area contributed by atoms with E-state index in [1.807, 2.05) is 0 Å². The van der Waals surface area contributed by atoms with Crippen molar-refractivity contribution in [2.24, 2.45) is 0 Å². The van der Waals surface area contributed by atoms with Crippen LogP contribution in [0.15, 0.2) is 16.7 Å². The van der Waals surface area contributed by atoms with E-state index in [0.29, 0.717) is 43.9 Å². The molecule has 0 saturated carbocycles. The second-order valence-corrected chi connectivity index (χ2v) is 7.49. The van der Waals surface area contributed by atoms with Crippen LogP contribution >= 0.6 is 0 Å². The zero-order valence-electron chi connectivity index (χ0n) is 16.5. The van der Waals surface area contributed by atoms with Gasteiger partial charge in [0, 0.05) is 52.7 Å². The van der Waals surface area contributed by atoms with Crippen molar-refractivity contribution in [2.45, 2.75) is 24.9 Å². The summed E-state index contributed by atoms with van der Waals surface area (Å²) >= 11 is 0. The summed E-state index contributed by atoms with van der Waals surface area (Å²) in [6.07, 6.45) is 3.28. The normalized spacial score (nSPS) is 17.0. The number of hydrogen-bond donors (Lipinski definition) is 1. The molecule has 148 valence electrons. The topological polar surface area (TPSA) is 69.4 Å². The first-order chi connectivity index (χ1) is 12.3. The Morgan fingerprint density at radius 2 is 1.81 bits per heavy atom. The van der Waals surface area contributed by atoms with Crippen LogP contribution in [0.4, 0.5) is 0 Å².